The van der Waals surface area contributed by atoms with E-state index in [1.54, 1.807) is 0 Å². The van der Waals surface area contributed by atoms with Crippen molar-refractivity contribution >= 4 is 21.9 Å². The van der Waals surface area contributed by atoms with Crippen LogP contribution in [0.3, 0.4) is 0 Å². The van der Waals surface area contributed by atoms with Crippen LogP contribution in [0.5, 0.6) is 0 Å². The van der Waals surface area contributed by atoms with Crippen molar-refractivity contribution in [1.29, 1.82) is 0 Å². The number of phosphoric acid groups is 2. The molecule has 0 spiro atoms. The van der Waals surface area contributed by atoms with Crippen LogP contribution in [0.25, 0.3) is 0 Å². The van der Waals surface area contributed by atoms with Gasteiger partial charge < -0.3 is 34.8 Å². The first kappa shape index (κ1) is 19.7. The van der Waals surface area contributed by atoms with Crippen LogP contribution in [0.15, 0.2) is 0 Å². The van der Waals surface area contributed by atoms with E-state index < -0.39 is 46.7 Å². The Morgan fingerprint density at radius 1 is 1.15 bits per heavy atom. The number of carbonyl (C=O) groups excluding carboxylic acids is 1. The van der Waals surface area contributed by atoms with Crippen molar-refractivity contribution in [2.75, 3.05) is 6.61 Å². The lowest BCUT2D eigenvalue weighted by Crippen LogP contribution is -2.45. The molecule has 0 radical (unpaired) electrons. The Hall–Kier alpha value is -0.260. The normalized spacial score (nSPS) is 21.6. The zero-order chi connectivity index (χ0) is 16.1. The zero-order valence-electron chi connectivity index (χ0n) is 9.59. The molecule has 5 atom stereocenters. The summed E-state index contributed by atoms with van der Waals surface area (Å²) in [6, 6.07) is 0. The molecular formula is C6H13FO11P2. The third-order valence-corrected chi connectivity index (χ3v) is 4.06. The number of alkyl halides is 1. The third kappa shape index (κ3) is 6.95. The highest BCUT2D eigenvalue weighted by molar-refractivity contribution is 7.60. The minimum absolute atomic E-state index is 0.382. The van der Waals surface area contributed by atoms with Crippen molar-refractivity contribution in [1.82, 2.24) is 0 Å². The van der Waals surface area contributed by atoms with E-state index in [1.165, 1.54) is 0 Å². The van der Waals surface area contributed by atoms with Crippen molar-refractivity contribution in [3.63, 3.8) is 0 Å². The molecule has 1 unspecified atom stereocenters. The molecule has 0 aliphatic heterocycles. The maximum Gasteiger partial charge on any atom is 0.481 e. The van der Waals surface area contributed by atoms with Crippen LogP contribution in [0.2, 0.25) is 0 Å². The van der Waals surface area contributed by atoms with Crippen LogP contribution < -0.4 is 0 Å². The molecule has 0 saturated heterocycles. The van der Waals surface area contributed by atoms with Gasteiger partial charge in [-0.2, -0.15) is 4.31 Å². The highest BCUT2D eigenvalue weighted by atomic mass is 31.3. The minimum atomic E-state index is -5.43. The van der Waals surface area contributed by atoms with Crippen molar-refractivity contribution in [2.24, 2.45) is 0 Å². The predicted octanol–water partition coefficient (Wildman–Crippen LogP) is -2.17. The minimum Gasteiger partial charge on any atom is -0.394 e. The predicted molar refractivity (Wildman–Crippen MR) is 57.9 cm³/mol. The fraction of sp³-hybridized carbons (Fsp3) is 0.833. The van der Waals surface area contributed by atoms with Gasteiger partial charge in [0.2, 0.25) is 0 Å². The SMILES string of the molecule is O=C[C@H](F)[C@@H](O)[C@H](O)[C@@H](CO)OP(=O)(O)OP(=O)(O)O. The van der Waals surface area contributed by atoms with Crippen LogP contribution in [0.1, 0.15) is 0 Å². The molecule has 14 heteroatoms. The summed E-state index contributed by atoms with van der Waals surface area (Å²) in [5.74, 6) is 0. The van der Waals surface area contributed by atoms with Gasteiger partial charge in [0.25, 0.3) is 0 Å². The van der Waals surface area contributed by atoms with Gasteiger partial charge in [-0.1, -0.05) is 0 Å². The van der Waals surface area contributed by atoms with E-state index in [4.69, 9.17) is 24.9 Å². The van der Waals surface area contributed by atoms with Gasteiger partial charge in [-0.05, 0) is 0 Å². The van der Waals surface area contributed by atoms with E-state index in [-0.39, 0.29) is 6.29 Å². The van der Waals surface area contributed by atoms with E-state index in [1.807, 2.05) is 0 Å². The van der Waals surface area contributed by atoms with Crippen molar-refractivity contribution in [3.8, 4) is 0 Å². The molecule has 0 heterocycles. The second-order valence-corrected chi connectivity index (χ2v) is 6.21. The monoisotopic (exact) mass is 342 g/mol. The number of aliphatic hydroxyl groups excluding tert-OH is 3. The number of carbonyl (C=O) groups is 1. The van der Waals surface area contributed by atoms with Crippen LogP contribution in [0.4, 0.5) is 4.39 Å². The summed E-state index contributed by atoms with van der Waals surface area (Å²) < 4.78 is 41.6. The number of halogens is 1. The van der Waals surface area contributed by atoms with Gasteiger partial charge in [0.1, 0.15) is 18.3 Å². The molecule has 0 saturated carbocycles. The zero-order valence-corrected chi connectivity index (χ0v) is 11.4. The lowest BCUT2D eigenvalue weighted by Gasteiger charge is -2.26. The summed E-state index contributed by atoms with van der Waals surface area (Å²) in [6.07, 6.45) is -9.86. The maximum absolute atomic E-state index is 12.8. The van der Waals surface area contributed by atoms with Crippen LogP contribution in [-0.4, -0.2) is 67.4 Å². The Bertz CT molecular complexity index is 410. The average molecular weight is 342 g/mol. The summed E-state index contributed by atoms with van der Waals surface area (Å²) in [4.78, 5) is 35.6. The summed E-state index contributed by atoms with van der Waals surface area (Å²) in [7, 11) is -10.9. The number of aliphatic hydroxyl groups is 3. The summed E-state index contributed by atoms with van der Waals surface area (Å²) in [5.41, 5.74) is 0. The van der Waals surface area contributed by atoms with E-state index in [9.17, 15) is 23.4 Å². The lowest BCUT2D eigenvalue weighted by atomic mass is 10.1. The number of hydrogen-bond acceptors (Lipinski definition) is 8. The first-order chi connectivity index (χ1) is 8.93. The molecule has 0 amide bonds. The molecule has 0 rings (SSSR count). The summed E-state index contributed by atoms with van der Waals surface area (Å²) in [6.45, 7) is -1.25. The molecule has 0 aromatic rings. The lowest BCUT2D eigenvalue weighted by molar-refractivity contribution is -0.126. The van der Waals surface area contributed by atoms with Crippen LogP contribution in [0, 0.1) is 0 Å². The van der Waals surface area contributed by atoms with Crippen LogP contribution in [-0.2, 0) is 22.8 Å². The van der Waals surface area contributed by atoms with Gasteiger partial charge in [0.15, 0.2) is 12.5 Å². The second kappa shape index (κ2) is 7.66. The standard InChI is InChI=1S/C6H13FO11P2/c7-3(1-8)5(10)6(11)4(2-9)17-20(15,16)18-19(12,13)14/h1,3-6,9-11H,2H2,(H,15,16)(H2,12,13,14)/t3-,4+,5+,6+/m0/s1. The Balaban J connectivity index is 4.89. The molecule has 0 bridgehead atoms. The Morgan fingerprint density at radius 2 is 1.65 bits per heavy atom. The van der Waals surface area contributed by atoms with E-state index in [0.717, 1.165) is 0 Å². The van der Waals surface area contributed by atoms with Gasteiger partial charge in [0.05, 0.1) is 6.61 Å². The van der Waals surface area contributed by atoms with Gasteiger partial charge in [0, 0.05) is 0 Å². The molecule has 0 aliphatic rings. The number of aldehydes is 1. The quantitative estimate of drug-likeness (QED) is 0.197. The summed E-state index contributed by atoms with van der Waals surface area (Å²) in [5, 5.41) is 27.2. The first-order valence-electron chi connectivity index (χ1n) is 4.78. The molecule has 0 aliphatic carbocycles. The molecule has 0 aromatic carbocycles. The fourth-order valence-corrected chi connectivity index (χ4v) is 2.78. The molecule has 20 heavy (non-hydrogen) atoms. The summed E-state index contributed by atoms with van der Waals surface area (Å²) >= 11 is 0. The smallest absolute Gasteiger partial charge is 0.394 e. The van der Waals surface area contributed by atoms with E-state index in [2.05, 4.69) is 8.83 Å². The highest BCUT2D eigenvalue weighted by Crippen LogP contribution is 2.58. The molecule has 6 N–H and O–H groups in total. The van der Waals surface area contributed by atoms with E-state index in [0.29, 0.717) is 0 Å². The largest absolute Gasteiger partial charge is 0.481 e. The third-order valence-electron chi connectivity index (χ3n) is 1.85. The van der Waals surface area contributed by atoms with Gasteiger partial charge in [-0.25, -0.2) is 13.5 Å². The fourth-order valence-electron chi connectivity index (χ4n) is 1.02. The van der Waals surface area contributed by atoms with E-state index >= 15 is 0 Å². The maximum atomic E-state index is 12.8. The number of phosphoric ester groups is 1. The molecule has 11 nitrogen and oxygen atoms in total. The Morgan fingerprint density at radius 3 is 2.00 bits per heavy atom. The molecular weight excluding hydrogens is 329 g/mol. The Labute approximate surface area is 111 Å². The van der Waals surface area contributed by atoms with Gasteiger partial charge in [-0.3, -0.25) is 4.52 Å². The molecule has 120 valence electrons. The van der Waals surface area contributed by atoms with Crippen molar-refractivity contribution in [2.45, 2.75) is 24.5 Å². The number of rotatable bonds is 9. The Kier molecular flexibility index (Phi) is 7.56. The van der Waals surface area contributed by atoms with Gasteiger partial charge in [-0.15, -0.1) is 0 Å². The van der Waals surface area contributed by atoms with Gasteiger partial charge >= 0.3 is 15.6 Å². The van der Waals surface area contributed by atoms with Crippen molar-refractivity contribution in [3.05, 3.63) is 0 Å². The molecule has 0 aromatic heterocycles. The average Bonchev–Trinajstić information content (AvgIpc) is 2.30. The topological polar surface area (TPSA) is 191 Å². The second-order valence-electron chi connectivity index (χ2n) is 3.43. The number of hydrogen-bond donors (Lipinski definition) is 6. The van der Waals surface area contributed by atoms with Crippen molar-refractivity contribution < 1.29 is 57.1 Å². The molecule has 0 fully saturated rings. The first-order valence-corrected chi connectivity index (χ1v) is 7.80. The highest BCUT2D eigenvalue weighted by Gasteiger charge is 2.40. The van der Waals surface area contributed by atoms with Crippen LogP contribution >= 0.6 is 15.6 Å².